The second-order valence-corrected chi connectivity index (χ2v) is 6.21. The highest BCUT2D eigenvalue weighted by molar-refractivity contribution is 5.93. The van der Waals surface area contributed by atoms with Crippen LogP contribution in [0.5, 0.6) is 5.75 Å². The van der Waals surface area contributed by atoms with E-state index in [1.165, 1.54) is 13.3 Å². The van der Waals surface area contributed by atoms with Gasteiger partial charge in [0.25, 0.3) is 10.9 Å². The van der Waals surface area contributed by atoms with Gasteiger partial charge in [-0.25, -0.2) is 9.78 Å². The number of ether oxygens (including phenoxy) is 1. The molecule has 8 heteroatoms. The predicted octanol–water partition coefficient (Wildman–Crippen LogP) is 1.89. The Morgan fingerprint density at radius 3 is 2.28 bits per heavy atom. The lowest BCUT2D eigenvalue weighted by molar-refractivity contribution is 0.0686. The van der Waals surface area contributed by atoms with Gasteiger partial charge in [0, 0.05) is 12.2 Å². The molecule has 0 aliphatic rings. The van der Waals surface area contributed by atoms with E-state index in [0.29, 0.717) is 11.3 Å². The molecule has 0 unspecified atom stereocenters. The monoisotopic (exact) mass is 347 g/mol. The first-order chi connectivity index (χ1) is 11.7. The molecule has 0 spiro atoms. The Morgan fingerprint density at radius 2 is 1.76 bits per heavy atom. The SMILES string of the molecule is COc1c(C(=O)O)ncc(C)c1Nc1c(N[C@@H](C)C(C)C)c(=O)c1=O. The van der Waals surface area contributed by atoms with Crippen molar-refractivity contribution in [3.05, 3.63) is 37.9 Å². The molecule has 2 rings (SSSR count). The maximum absolute atomic E-state index is 12.0. The van der Waals surface area contributed by atoms with Crippen LogP contribution in [0.1, 0.15) is 36.8 Å². The summed E-state index contributed by atoms with van der Waals surface area (Å²) in [5.74, 6) is -0.992. The minimum Gasteiger partial charge on any atom is -0.492 e. The Kier molecular flexibility index (Phi) is 5.10. The number of carboxylic acids is 1. The molecule has 2 aromatic rings. The van der Waals surface area contributed by atoms with Crippen LogP contribution in [0.4, 0.5) is 17.1 Å². The summed E-state index contributed by atoms with van der Waals surface area (Å²) in [7, 11) is 1.32. The number of aromatic nitrogens is 1. The van der Waals surface area contributed by atoms with E-state index in [4.69, 9.17) is 4.74 Å². The summed E-state index contributed by atoms with van der Waals surface area (Å²) < 4.78 is 5.16. The maximum Gasteiger partial charge on any atom is 0.358 e. The highest BCUT2D eigenvalue weighted by atomic mass is 16.5. The van der Waals surface area contributed by atoms with E-state index in [2.05, 4.69) is 15.6 Å². The number of carboxylic acid groups (broad SMARTS) is 1. The van der Waals surface area contributed by atoms with Crippen molar-refractivity contribution in [2.75, 3.05) is 17.7 Å². The van der Waals surface area contributed by atoms with Gasteiger partial charge >= 0.3 is 5.97 Å². The van der Waals surface area contributed by atoms with Crippen molar-refractivity contribution >= 4 is 23.0 Å². The Hall–Kier alpha value is -2.90. The summed E-state index contributed by atoms with van der Waals surface area (Å²) in [5.41, 5.74) is -0.366. The summed E-state index contributed by atoms with van der Waals surface area (Å²) in [6.07, 6.45) is 1.36. The summed E-state index contributed by atoms with van der Waals surface area (Å²) in [6.45, 7) is 7.59. The van der Waals surface area contributed by atoms with E-state index in [1.807, 2.05) is 20.8 Å². The Morgan fingerprint density at radius 1 is 1.16 bits per heavy atom. The molecule has 0 radical (unpaired) electrons. The first kappa shape index (κ1) is 18.4. The van der Waals surface area contributed by atoms with Crippen LogP contribution >= 0.6 is 0 Å². The molecular weight excluding hydrogens is 326 g/mol. The smallest absolute Gasteiger partial charge is 0.358 e. The van der Waals surface area contributed by atoms with E-state index in [0.717, 1.165) is 0 Å². The van der Waals surface area contributed by atoms with Crippen LogP contribution in [0.15, 0.2) is 15.8 Å². The molecule has 0 saturated carbocycles. The lowest BCUT2D eigenvalue weighted by Crippen LogP contribution is -2.39. The number of nitrogens with one attached hydrogen (secondary N) is 2. The van der Waals surface area contributed by atoms with Crippen LogP contribution in [0.25, 0.3) is 0 Å². The molecule has 1 heterocycles. The van der Waals surface area contributed by atoms with Crippen molar-refractivity contribution in [1.82, 2.24) is 4.98 Å². The van der Waals surface area contributed by atoms with Gasteiger partial charge in [-0.2, -0.15) is 0 Å². The minimum absolute atomic E-state index is 0.00315. The summed E-state index contributed by atoms with van der Waals surface area (Å²) in [6, 6.07) is -0.0149. The number of methoxy groups -OCH3 is 1. The standard InChI is InChI=1S/C17H21N3O5/c1-7(2)9(4)19-11-12(15(22)14(11)21)20-10-8(3)6-18-13(17(23)24)16(10)25-5/h6-7,9,19H,1-5H3,(H,18,20)(H,23,24)/t9-/m0/s1. The fourth-order valence-corrected chi connectivity index (χ4v) is 2.26. The van der Waals surface area contributed by atoms with E-state index in [9.17, 15) is 19.5 Å². The molecule has 1 atom stereocenters. The first-order valence-corrected chi connectivity index (χ1v) is 7.82. The predicted molar refractivity (Wildman–Crippen MR) is 95.0 cm³/mol. The fraction of sp³-hybridized carbons (Fsp3) is 0.412. The molecule has 0 amide bonds. The van der Waals surface area contributed by atoms with E-state index in [-0.39, 0.29) is 34.8 Å². The molecule has 0 fully saturated rings. The van der Waals surface area contributed by atoms with Gasteiger partial charge in [0.15, 0.2) is 11.4 Å². The first-order valence-electron chi connectivity index (χ1n) is 7.82. The normalized spacial score (nSPS) is 12.2. The van der Waals surface area contributed by atoms with Crippen molar-refractivity contribution in [3.8, 4) is 5.75 Å². The van der Waals surface area contributed by atoms with Crippen molar-refractivity contribution in [2.45, 2.75) is 33.7 Å². The summed E-state index contributed by atoms with van der Waals surface area (Å²) in [4.78, 5) is 39.0. The van der Waals surface area contributed by atoms with E-state index in [1.54, 1.807) is 6.92 Å². The van der Waals surface area contributed by atoms with Gasteiger partial charge in [0.2, 0.25) is 0 Å². The Labute approximate surface area is 144 Å². The third kappa shape index (κ3) is 3.33. The average molecular weight is 347 g/mol. The molecule has 25 heavy (non-hydrogen) atoms. The zero-order valence-corrected chi connectivity index (χ0v) is 14.8. The summed E-state index contributed by atoms with van der Waals surface area (Å²) >= 11 is 0. The van der Waals surface area contributed by atoms with Crippen molar-refractivity contribution in [3.63, 3.8) is 0 Å². The van der Waals surface area contributed by atoms with Crippen LogP contribution in [0, 0.1) is 12.8 Å². The number of anilines is 3. The van der Waals surface area contributed by atoms with Crippen LogP contribution in [-0.2, 0) is 0 Å². The van der Waals surface area contributed by atoms with Gasteiger partial charge in [0.1, 0.15) is 11.4 Å². The molecule has 0 bridgehead atoms. The average Bonchev–Trinajstić information content (AvgIpc) is 2.57. The molecule has 1 aromatic carbocycles. The van der Waals surface area contributed by atoms with Gasteiger partial charge in [-0.05, 0) is 25.3 Å². The molecule has 134 valence electrons. The fourth-order valence-electron chi connectivity index (χ4n) is 2.26. The molecular formula is C17H21N3O5. The quantitative estimate of drug-likeness (QED) is 0.650. The van der Waals surface area contributed by atoms with Crippen LogP contribution in [0.3, 0.4) is 0 Å². The van der Waals surface area contributed by atoms with Crippen molar-refractivity contribution in [2.24, 2.45) is 5.92 Å². The number of pyridine rings is 1. The number of nitrogens with zero attached hydrogens (tertiary/aromatic N) is 1. The molecule has 8 nitrogen and oxygen atoms in total. The van der Waals surface area contributed by atoms with Crippen molar-refractivity contribution in [1.29, 1.82) is 0 Å². The van der Waals surface area contributed by atoms with Gasteiger partial charge < -0.3 is 20.5 Å². The van der Waals surface area contributed by atoms with Crippen molar-refractivity contribution < 1.29 is 14.6 Å². The largest absolute Gasteiger partial charge is 0.492 e. The highest BCUT2D eigenvalue weighted by Gasteiger charge is 2.26. The molecule has 3 N–H and O–H groups in total. The van der Waals surface area contributed by atoms with Gasteiger partial charge in [-0.15, -0.1) is 0 Å². The highest BCUT2D eigenvalue weighted by Crippen LogP contribution is 2.34. The van der Waals surface area contributed by atoms with Gasteiger partial charge in [0.05, 0.1) is 12.8 Å². The number of hydrogen-bond acceptors (Lipinski definition) is 7. The minimum atomic E-state index is -1.25. The second kappa shape index (κ2) is 6.92. The molecule has 0 saturated heterocycles. The maximum atomic E-state index is 12.0. The zero-order valence-electron chi connectivity index (χ0n) is 14.8. The van der Waals surface area contributed by atoms with Gasteiger partial charge in [-0.3, -0.25) is 9.59 Å². The van der Waals surface area contributed by atoms with Gasteiger partial charge in [-0.1, -0.05) is 13.8 Å². The summed E-state index contributed by atoms with van der Waals surface area (Å²) in [5, 5.41) is 15.1. The topological polar surface area (TPSA) is 118 Å². The zero-order chi connectivity index (χ0) is 18.9. The number of rotatable bonds is 7. The van der Waals surface area contributed by atoms with E-state index >= 15 is 0 Å². The Balaban J connectivity index is 2.47. The second-order valence-electron chi connectivity index (χ2n) is 6.21. The third-order valence-electron chi connectivity index (χ3n) is 4.16. The molecule has 0 aliphatic carbocycles. The number of carbonyl (C=O) groups is 1. The lowest BCUT2D eigenvalue weighted by Gasteiger charge is -2.23. The molecule has 0 aliphatic heterocycles. The van der Waals surface area contributed by atoms with Crippen LogP contribution in [0.2, 0.25) is 0 Å². The van der Waals surface area contributed by atoms with E-state index < -0.39 is 16.8 Å². The number of aromatic carboxylic acids is 1. The van der Waals surface area contributed by atoms with Crippen LogP contribution in [-0.4, -0.2) is 29.2 Å². The number of aryl methyl sites for hydroxylation is 1. The lowest BCUT2D eigenvalue weighted by atomic mass is 10.0. The third-order valence-corrected chi connectivity index (χ3v) is 4.16. The molecule has 1 aromatic heterocycles. The number of hydrogen-bond donors (Lipinski definition) is 3. The Bertz CT molecular complexity index is 881. The van der Waals surface area contributed by atoms with Crippen LogP contribution < -0.4 is 26.2 Å².